The fraction of sp³-hybridized carbons (Fsp3) is 0.188. The molecule has 0 heterocycles. The van der Waals surface area contributed by atoms with Gasteiger partial charge in [0.15, 0.2) is 0 Å². The van der Waals surface area contributed by atoms with Gasteiger partial charge in [0.1, 0.15) is 12.0 Å². The highest BCUT2D eigenvalue weighted by molar-refractivity contribution is 6.17. The molecule has 0 saturated carbocycles. The summed E-state index contributed by atoms with van der Waals surface area (Å²) in [4.78, 5) is 10.9. The van der Waals surface area contributed by atoms with Crippen molar-refractivity contribution in [2.75, 3.05) is 12.5 Å². The summed E-state index contributed by atoms with van der Waals surface area (Å²) in [6.45, 7) is 0.547. The molecule has 0 fully saturated rings. The van der Waals surface area contributed by atoms with Crippen molar-refractivity contribution in [1.82, 2.24) is 0 Å². The van der Waals surface area contributed by atoms with Gasteiger partial charge in [-0.2, -0.15) is 0 Å². The van der Waals surface area contributed by atoms with Gasteiger partial charge in [-0.25, -0.2) is 0 Å². The average molecular weight is 275 g/mol. The molecule has 19 heavy (non-hydrogen) atoms. The van der Waals surface area contributed by atoms with E-state index in [4.69, 9.17) is 16.3 Å². The van der Waals surface area contributed by atoms with Crippen LogP contribution >= 0.6 is 11.6 Å². The highest BCUT2D eigenvalue weighted by Gasteiger charge is 2.07. The van der Waals surface area contributed by atoms with E-state index in [2.05, 4.69) is 0 Å². The molecule has 2 nitrogen and oxygen atoms in total. The monoisotopic (exact) mass is 274 g/mol. The summed E-state index contributed by atoms with van der Waals surface area (Å²) >= 11 is 5.65. The molecular formula is C16H15ClO2. The lowest BCUT2D eigenvalue weighted by Crippen LogP contribution is -2.00. The minimum Gasteiger partial charge on any atom is -0.493 e. The second-order valence-corrected chi connectivity index (χ2v) is 4.51. The Labute approximate surface area is 118 Å². The third-order valence-corrected chi connectivity index (χ3v) is 3.03. The molecule has 0 N–H and O–H groups in total. The predicted octanol–water partition coefficient (Wildman–Crippen LogP) is 4.17. The van der Waals surface area contributed by atoms with Gasteiger partial charge >= 0.3 is 0 Å². The Balaban J connectivity index is 2.33. The summed E-state index contributed by atoms with van der Waals surface area (Å²) in [6, 6.07) is 15.4. The number of rotatable bonds is 6. The summed E-state index contributed by atoms with van der Waals surface area (Å²) in [5, 5.41) is 0. The van der Waals surface area contributed by atoms with E-state index in [9.17, 15) is 4.79 Å². The van der Waals surface area contributed by atoms with Crippen LogP contribution in [0.2, 0.25) is 0 Å². The second-order valence-electron chi connectivity index (χ2n) is 4.13. The molecule has 0 spiro atoms. The van der Waals surface area contributed by atoms with Crippen molar-refractivity contribution in [1.29, 1.82) is 0 Å². The molecule has 98 valence electrons. The topological polar surface area (TPSA) is 26.3 Å². The van der Waals surface area contributed by atoms with Gasteiger partial charge in [-0.15, -0.1) is 11.6 Å². The standard InChI is InChI=1S/C16H15ClO2/c17-9-4-10-19-16-11-13(12-18)7-8-15(16)14-5-2-1-3-6-14/h1-3,5-8,11-12H,4,9-10H2. The van der Waals surface area contributed by atoms with Crippen molar-refractivity contribution in [2.45, 2.75) is 6.42 Å². The molecule has 0 aliphatic rings. The molecule has 0 aliphatic carbocycles. The van der Waals surface area contributed by atoms with E-state index in [-0.39, 0.29) is 0 Å². The van der Waals surface area contributed by atoms with E-state index < -0.39 is 0 Å². The van der Waals surface area contributed by atoms with Gasteiger partial charge in [-0.1, -0.05) is 36.4 Å². The number of carbonyl (C=O) groups is 1. The summed E-state index contributed by atoms with van der Waals surface area (Å²) < 4.78 is 5.73. The van der Waals surface area contributed by atoms with Crippen LogP contribution in [0.25, 0.3) is 11.1 Å². The Morgan fingerprint density at radius 3 is 2.58 bits per heavy atom. The molecule has 0 radical (unpaired) electrons. The smallest absolute Gasteiger partial charge is 0.150 e. The normalized spacial score (nSPS) is 10.2. The number of aldehydes is 1. The lowest BCUT2D eigenvalue weighted by molar-refractivity contribution is 0.112. The first-order valence-electron chi connectivity index (χ1n) is 6.18. The zero-order valence-electron chi connectivity index (χ0n) is 10.5. The molecule has 2 rings (SSSR count). The first-order valence-corrected chi connectivity index (χ1v) is 6.72. The quantitative estimate of drug-likeness (QED) is 0.449. The molecule has 0 aromatic heterocycles. The lowest BCUT2D eigenvalue weighted by Gasteiger charge is -2.12. The zero-order valence-corrected chi connectivity index (χ0v) is 11.3. The van der Waals surface area contributed by atoms with Gasteiger partial charge in [-0.3, -0.25) is 4.79 Å². The highest BCUT2D eigenvalue weighted by Crippen LogP contribution is 2.30. The van der Waals surface area contributed by atoms with Crippen LogP contribution in [0, 0.1) is 0 Å². The minimum absolute atomic E-state index is 0.547. The second kappa shape index (κ2) is 6.95. The molecule has 0 aliphatic heterocycles. The number of halogens is 1. The zero-order chi connectivity index (χ0) is 13.5. The minimum atomic E-state index is 0.547. The van der Waals surface area contributed by atoms with Crippen molar-refractivity contribution in [2.24, 2.45) is 0 Å². The van der Waals surface area contributed by atoms with Crippen molar-refractivity contribution in [3.8, 4) is 16.9 Å². The van der Waals surface area contributed by atoms with Gasteiger partial charge in [0.2, 0.25) is 0 Å². The summed E-state index contributed by atoms with van der Waals surface area (Å²) in [5.41, 5.74) is 2.67. The number of hydrogen-bond acceptors (Lipinski definition) is 2. The van der Waals surface area contributed by atoms with Gasteiger partial charge in [-0.05, 0) is 24.1 Å². The third kappa shape index (κ3) is 3.58. The van der Waals surface area contributed by atoms with E-state index in [0.29, 0.717) is 18.1 Å². The fourth-order valence-electron chi connectivity index (χ4n) is 1.82. The van der Waals surface area contributed by atoms with Gasteiger partial charge in [0, 0.05) is 17.0 Å². The Morgan fingerprint density at radius 2 is 1.89 bits per heavy atom. The molecule has 0 atom stereocenters. The number of alkyl halides is 1. The molecular weight excluding hydrogens is 260 g/mol. The van der Waals surface area contributed by atoms with Crippen molar-refractivity contribution >= 4 is 17.9 Å². The number of ether oxygens (including phenoxy) is 1. The van der Waals surface area contributed by atoms with Crippen LogP contribution in [-0.4, -0.2) is 18.8 Å². The SMILES string of the molecule is O=Cc1ccc(-c2ccccc2)c(OCCCCl)c1. The maximum atomic E-state index is 10.9. The Hall–Kier alpha value is -1.80. The van der Waals surface area contributed by atoms with E-state index in [1.807, 2.05) is 36.4 Å². The van der Waals surface area contributed by atoms with Crippen LogP contribution < -0.4 is 4.74 Å². The van der Waals surface area contributed by atoms with Crippen LogP contribution in [0.3, 0.4) is 0 Å². The van der Waals surface area contributed by atoms with Crippen LogP contribution in [-0.2, 0) is 0 Å². The average Bonchev–Trinajstić information content (AvgIpc) is 2.48. The Kier molecular flexibility index (Phi) is 4.99. The predicted molar refractivity (Wildman–Crippen MR) is 78.1 cm³/mol. The van der Waals surface area contributed by atoms with Crippen molar-refractivity contribution in [3.63, 3.8) is 0 Å². The molecule has 0 amide bonds. The van der Waals surface area contributed by atoms with Crippen molar-refractivity contribution in [3.05, 3.63) is 54.1 Å². The number of benzene rings is 2. The highest BCUT2D eigenvalue weighted by atomic mass is 35.5. The maximum Gasteiger partial charge on any atom is 0.150 e. The van der Waals surface area contributed by atoms with E-state index >= 15 is 0 Å². The molecule has 3 heteroatoms. The summed E-state index contributed by atoms with van der Waals surface area (Å²) in [7, 11) is 0. The number of carbonyl (C=O) groups excluding carboxylic acids is 1. The van der Waals surface area contributed by atoms with Crippen LogP contribution in [0.4, 0.5) is 0 Å². The first kappa shape index (κ1) is 13.6. The largest absolute Gasteiger partial charge is 0.493 e. The Morgan fingerprint density at radius 1 is 1.11 bits per heavy atom. The van der Waals surface area contributed by atoms with Crippen LogP contribution in [0.15, 0.2) is 48.5 Å². The molecule has 0 unspecified atom stereocenters. The number of hydrogen-bond donors (Lipinski definition) is 0. The van der Waals surface area contributed by atoms with E-state index in [1.165, 1.54) is 0 Å². The fourth-order valence-corrected chi connectivity index (χ4v) is 1.93. The third-order valence-electron chi connectivity index (χ3n) is 2.76. The Bertz CT molecular complexity index is 538. The molecule has 2 aromatic carbocycles. The van der Waals surface area contributed by atoms with Crippen LogP contribution in [0.1, 0.15) is 16.8 Å². The van der Waals surface area contributed by atoms with E-state index in [1.54, 1.807) is 12.1 Å². The van der Waals surface area contributed by atoms with E-state index in [0.717, 1.165) is 29.6 Å². The molecule has 0 saturated heterocycles. The van der Waals surface area contributed by atoms with Crippen LogP contribution in [0.5, 0.6) is 5.75 Å². The summed E-state index contributed by atoms with van der Waals surface area (Å²) in [6.07, 6.45) is 1.60. The van der Waals surface area contributed by atoms with Gasteiger partial charge in [0.05, 0.1) is 6.61 Å². The first-order chi connectivity index (χ1) is 9.35. The summed E-state index contributed by atoms with van der Waals surface area (Å²) in [5.74, 6) is 1.29. The molecule has 0 bridgehead atoms. The van der Waals surface area contributed by atoms with Gasteiger partial charge in [0.25, 0.3) is 0 Å². The van der Waals surface area contributed by atoms with Crippen molar-refractivity contribution < 1.29 is 9.53 Å². The maximum absolute atomic E-state index is 10.9. The molecule has 2 aromatic rings. The van der Waals surface area contributed by atoms with Gasteiger partial charge < -0.3 is 4.74 Å². The lowest BCUT2D eigenvalue weighted by atomic mass is 10.0.